The van der Waals surface area contributed by atoms with E-state index in [-0.39, 0.29) is 16.6 Å². The predicted molar refractivity (Wildman–Crippen MR) is 105 cm³/mol. The monoisotopic (exact) mass is 344 g/mol. The van der Waals surface area contributed by atoms with Crippen molar-refractivity contribution in [2.24, 2.45) is 5.41 Å². The molecule has 0 bridgehead atoms. The summed E-state index contributed by atoms with van der Waals surface area (Å²) >= 11 is 0. The molecule has 132 valence electrons. The molecule has 0 aliphatic heterocycles. The van der Waals surface area contributed by atoms with Gasteiger partial charge in [0.15, 0.2) is 0 Å². The number of hydrogen-bond acceptors (Lipinski definition) is 2. The van der Waals surface area contributed by atoms with Crippen LogP contribution in [0.15, 0.2) is 11.8 Å². The van der Waals surface area contributed by atoms with Crippen LogP contribution in [0.25, 0.3) is 0 Å². The summed E-state index contributed by atoms with van der Waals surface area (Å²) in [5.74, 6) is 0. The summed E-state index contributed by atoms with van der Waals surface area (Å²) in [4.78, 5) is 0. The topological polar surface area (TPSA) is 29.5 Å². The van der Waals surface area contributed by atoms with Crippen molar-refractivity contribution in [3.05, 3.63) is 11.8 Å². The summed E-state index contributed by atoms with van der Waals surface area (Å²) in [7, 11) is -3.01. The first-order valence-corrected chi connectivity index (χ1v) is 15.1. The summed E-state index contributed by atoms with van der Waals surface area (Å²) < 4.78 is 6.30. The van der Waals surface area contributed by atoms with Crippen molar-refractivity contribution in [1.29, 1.82) is 0 Å². The van der Waals surface area contributed by atoms with Crippen molar-refractivity contribution in [2.75, 3.05) is 0 Å². The van der Waals surface area contributed by atoms with Crippen LogP contribution in [0.3, 0.4) is 0 Å². The van der Waals surface area contributed by atoms with Crippen molar-refractivity contribution in [3.8, 4) is 0 Å². The lowest BCUT2D eigenvalue weighted by Gasteiger charge is -2.36. The number of aliphatic hydroxyl groups is 1. The Morgan fingerprint density at radius 3 is 1.77 bits per heavy atom. The minimum atomic E-state index is -1.78. The standard InChI is InChI=1S/C18H40O2Si2/c1-17(2,3)16(19)12-15(14-21(7,8)9)13-20-22(10,11)18(4,5)6/h13,16,19H,12,14H2,1-11H3/b15-13-. The molecule has 0 saturated carbocycles. The molecule has 0 aliphatic carbocycles. The second kappa shape index (κ2) is 7.22. The Labute approximate surface area is 141 Å². The molecule has 1 atom stereocenters. The van der Waals surface area contributed by atoms with E-state index in [1.807, 2.05) is 6.26 Å². The highest BCUT2D eigenvalue weighted by Gasteiger charge is 2.38. The molecule has 0 aromatic heterocycles. The maximum absolute atomic E-state index is 10.5. The highest BCUT2D eigenvalue weighted by atomic mass is 28.4. The second-order valence-electron chi connectivity index (χ2n) is 10.5. The largest absolute Gasteiger partial charge is 0.549 e. The van der Waals surface area contributed by atoms with E-state index in [0.29, 0.717) is 0 Å². The molecule has 0 heterocycles. The van der Waals surface area contributed by atoms with Crippen molar-refractivity contribution in [3.63, 3.8) is 0 Å². The van der Waals surface area contributed by atoms with Crippen LogP contribution in [0, 0.1) is 5.41 Å². The molecule has 1 N–H and O–H groups in total. The third-order valence-electron chi connectivity index (χ3n) is 4.54. The van der Waals surface area contributed by atoms with E-state index in [2.05, 4.69) is 74.3 Å². The average molecular weight is 345 g/mol. The molecular weight excluding hydrogens is 304 g/mol. The summed E-state index contributed by atoms with van der Waals surface area (Å²) in [5.41, 5.74) is 1.20. The molecule has 0 aromatic carbocycles. The number of rotatable bonds is 6. The van der Waals surface area contributed by atoms with Gasteiger partial charge >= 0.3 is 0 Å². The lowest BCUT2D eigenvalue weighted by molar-refractivity contribution is 0.0631. The predicted octanol–water partition coefficient (Wildman–Crippen LogP) is 6.03. The van der Waals surface area contributed by atoms with Gasteiger partial charge in [-0.15, -0.1) is 0 Å². The highest BCUT2D eigenvalue weighted by Crippen LogP contribution is 2.37. The van der Waals surface area contributed by atoms with Gasteiger partial charge in [-0.05, 0) is 41.6 Å². The van der Waals surface area contributed by atoms with Gasteiger partial charge in [-0.3, -0.25) is 0 Å². The second-order valence-corrected chi connectivity index (χ2v) is 20.7. The lowest BCUT2D eigenvalue weighted by Crippen LogP contribution is -2.39. The van der Waals surface area contributed by atoms with Crippen LogP contribution in [0.1, 0.15) is 48.0 Å². The van der Waals surface area contributed by atoms with Gasteiger partial charge in [0.25, 0.3) is 0 Å². The number of aliphatic hydroxyl groups excluding tert-OH is 1. The Balaban J connectivity index is 5.21. The molecule has 0 aliphatic rings. The van der Waals surface area contributed by atoms with Gasteiger partial charge in [0.05, 0.1) is 12.4 Å². The van der Waals surface area contributed by atoms with E-state index in [1.165, 1.54) is 5.57 Å². The van der Waals surface area contributed by atoms with E-state index < -0.39 is 16.4 Å². The first kappa shape index (κ1) is 21.9. The van der Waals surface area contributed by atoms with Crippen molar-refractivity contribution in [2.45, 2.75) is 97.9 Å². The number of hydrogen-bond donors (Lipinski definition) is 1. The van der Waals surface area contributed by atoms with Gasteiger partial charge in [-0.1, -0.05) is 61.2 Å². The molecule has 0 fully saturated rings. The molecule has 0 spiro atoms. The maximum atomic E-state index is 10.5. The van der Waals surface area contributed by atoms with E-state index in [1.54, 1.807) is 0 Å². The van der Waals surface area contributed by atoms with Gasteiger partial charge in [0.2, 0.25) is 8.32 Å². The van der Waals surface area contributed by atoms with Crippen molar-refractivity contribution < 1.29 is 9.53 Å². The van der Waals surface area contributed by atoms with E-state index in [0.717, 1.165) is 12.5 Å². The zero-order valence-corrected chi connectivity index (χ0v) is 18.9. The third kappa shape index (κ3) is 7.98. The van der Waals surface area contributed by atoms with Gasteiger partial charge in [0, 0.05) is 8.07 Å². The summed E-state index contributed by atoms with van der Waals surface area (Å²) in [6, 6.07) is 1.09. The van der Waals surface area contributed by atoms with Crippen LogP contribution >= 0.6 is 0 Å². The van der Waals surface area contributed by atoms with Gasteiger partial charge < -0.3 is 9.53 Å². The Morgan fingerprint density at radius 1 is 1.00 bits per heavy atom. The first-order chi connectivity index (χ1) is 9.46. The van der Waals surface area contributed by atoms with Gasteiger partial charge in [0.1, 0.15) is 0 Å². The summed E-state index contributed by atoms with van der Waals surface area (Å²) in [6.45, 7) is 24.7. The maximum Gasteiger partial charge on any atom is 0.249 e. The fourth-order valence-corrected chi connectivity index (χ4v) is 4.21. The minimum Gasteiger partial charge on any atom is -0.549 e. The van der Waals surface area contributed by atoms with Gasteiger partial charge in [-0.25, -0.2) is 0 Å². The highest BCUT2D eigenvalue weighted by molar-refractivity contribution is 6.76. The van der Waals surface area contributed by atoms with E-state index in [9.17, 15) is 5.11 Å². The zero-order chi connectivity index (χ0) is 18.0. The van der Waals surface area contributed by atoms with Crippen LogP contribution in [0.2, 0.25) is 43.8 Å². The average Bonchev–Trinajstić information content (AvgIpc) is 2.20. The lowest BCUT2D eigenvalue weighted by atomic mass is 9.86. The quantitative estimate of drug-likeness (QED) is 0.471. The minimum absolute atomic E-state index is 0.0878. The Kier molecular flexibility index (Phi) is 7.20. The van der Waals surface area contributed by atoms with E-state index in [4.69, 9.17) is 4.43 Å². The molecule has 4 heteroatoms. The normalized spacial score (nSPS) is 16.6. The first-order valence-electron chi connectivity index (χ1n) is 8.49. The molecule has 0 amide bonds. The smallest absolute Gasteiger partial charge is 0.249 e. The molecule has 0 rings (SSSR count). The molecule has 0 saturated heterocycles. The fraction of sp³-hybridized carbons (Fsp3) is 0.889. The zero-order valence-electron chi connectivity index (χ0n) is 16.9. The Bertz CT molecular complexity index is 379. The van der Waals surface area contributed by atoms with Crippen LogP contribution < -0.4 is 0 Å². The molecule has 0 aromatic rings. The van der Waals surface area contributed by atoms with E-state index >= 15 is 0 Å². The molecular formula is C18H40O2Si2. The Morgan fingerprint density at radius 2 is 1.45 bits per heavy atom. The SMILES string of the molecule is CC(C)(C)C(O)C/C(=C/O[Si](C)(C)C(C)(C)C)C[Si](C)(C)C. The van der Waals surface area contributed by atoms with Crippen LogP contribution in [0.4, 0.5) is 0 Å². The van der Waals surface area contributed by atoms with Gasteiger partial charge in [-0.2, -0.15) is 0 Å². The fourth-order valence-electron chi connectivity index (χ4n) is 1.81. The van der Waals surface area contributed by atoms with Crippen LogP contribution in [-0.2, 0) is 4.43 Å². The summed E-state index contributed by atoms with van der Waals surface area (Å²) in [5, 5.41) is 10.7. The summed E-state index contributed by atoms with van der Waals surface area (Å²) in [6.07, 6.45) is 2.41. The molecule has 22 heavy (non-hydrogen) atoms. The Hall–Kier alpha value is -0.0662. The molecule has 1 unspecified atom stereocenters. The van der Waals surface area contributed by atoms with Crippen molar-refractivity contribution >= 4 is 16.4 Å². The van der Waals surface area contributed by atoms with Crippen LogP contribution in [0.5, 0.6) is 0 Å². The molecule has 2 nitrogen and oxygen atoms in total. The third-order valence-corrected chi connectivity index (χ3v) is 10.4. The molecule has 0 radical (unpaired) electrons. The van der Waals surface area contributed by atoms with Crippen molar-refractivity contribution in [1.82, 2.24) is 0 Å². The van der Waals surface area contributed by atoms with Crippen LogP contribution in [-0.4, -0.2) is 27.6 Å².